The fourth-order valence-electron chi connectivity index (χ4n) is 3.97. The lowest BCUT2D eigenvalue weighted by atomic mass is 9.86. The molecule has 1 aliphatic carbocycles. The molecule has 0 spiro atoms. The highest BCUT2D eigenvalue weighted by atomic mass is 16.4. The molecule has 1 aromatic carbocycles. The van der Waals surface area contributed by atoms with Crippen LogP contribution in [0.15, 0.2) is 24.3 Å². The lowest BCUT2D eigenvalue weighted by Crippen LogP contribution is -2.50. The van der Waals surface area contributed by atoms with Crippen molar-refractivity contribution in [3.05, 3.63) is 35.4 Å². The van der Waals surface area contributed by atoms with E-state index in [1.807, 2.05) is 0 Å². The Morgan fingerprint density at radius 2 is 1.59 bits per heavy atom. The Balaban J connectivity index is 0.000000380. The quantitative estimate of drug-likeness (QED) is 0.790. The molecule has 0 aromatic heterocycles. The molecule has 1 heterocycles. The molecule has 27 heavy (non-hydrogen) atoms. The van der Waals surface area contributed by atoms with Gasteiger partial charge in [-0.25, -0.2) is 9.59 Å². The van der Waals surface area contributed by atoms with Gasteiger partial charge in [-0.3, -0.25) is 9.80 Å². The number of nitrogens with zero attached hydrogens (tertiary/aromatic N) is 2. The summed E-state index contributed by atoms with van der Waals surface area (Å²) >= 11 is 0. The monoisotopic (exact) mass is 376 g/mol. The van der Waals surface area contributed by atoms with Crippen LogP contribution in [-0.4, -0.2) is 64.2 Å². The van der Waals surface area contributed by atoms with Crippen molar-refractivity contribution in [3.63, 3.8) is 0 Å². The summed E-state index contributed by atoms with van der Waals surface area (Å²) in [5, 5.41) is 14.8. The van der Waals surface area contributed by atoms with Crippen molar-refractivity contribution in [3.8, 4) is 0 Å². The van der Waals surface area contributed by atoms with Crippen LogP contribution < -0.4 is 0 Å². The van der Waals surface area contributed by atoms with Crippen LogP contribution in [0.25, 0.3) is 0 Å². The zero-order chi connectivity index (χ0) is 19.8. The molecule has 6 nitrogen and oxygen atoms in total. The first kappa shape index (κ1) is 21.4. The van der Waals surface area contributed by atoms with Gasteiger partial charge < -0.3 is 10.2 Å². The SMILES string of the molecule is Cc1ccc(CN2CCN(C3CCCC(C)C3)CC2)cc1.O=C(O)C(=O)O. The number of carboxylic acid groups (broad SMARTS) is 2. The van der Waals surface area contributed by atoms with E-state index in [0.717, 1.165) is 18.5 Å². The van der Waals surface area contributed by atoms with Crippen molar-refractivity contribution in [2.45, 2.75) is 52.1 Å². The predicted octanol–water partition coefficient (Wildman–Crippen LogP) is 2.85. The Kier molecular flexibility index (Phi) is 8.25. The number of benzene rings is 1. The topological polar surface area (TPSA) is 81.1 Å². The first-order valence-electron chi connectivity index (χ1n) is 9.83. The average molecular weight is 376 g/mol. The fourth-order valence-corrected chi connectivity index (χ4v) is 3.97. The molecule has 1 saturated carbocycles. The van der Waals surface area contributed by atoms with E-state index in [-0.39, 0.29) is 0 Å². The van der Waals surface area contributed by atoms with E-state index >= 15 is 0 Å². The number of hydrogen-bond donors (Lipinski definition) is 2. The number of rotatable bonds is 3. The molecule has 2 atom stereocenters. The summed E-state index contributed by atoms with van der Waals surface area (Å²) in [6.45, 7) is 10.7. The molecule has 2 fully saturated rings. The summed E-state index contributed by atoms with van der Waals surface area (Å²) in [7, 11) is 0. The smallest absolute Gasteiger partial charge is 0.414 e. The molecule has 2 unspecified atom stereocenters. The van der Waals surface area contributed by atoms with Crippen LogP contribution in [-0.2, 0) is 16.1 Å². The van der Waals surface area contributed by atoms with Gasteiger partial charge in [0.25, 0.3) is 0 Å². The summed E-state index contributed by atoms with van der Waals surface area (Å²) in [6.07, 6.45) is 5.75. The highest BCUT2D eigenvalue weighted by Gasteiger charge is 2.27. The number of aryl methyl sites for hydroxylation is 1. The highest BCUT2D eigenvalue weighted by molar-refractivity contribution is 6.27. The first-order chi connectivity index (χ1) is 12.8. The maximum Gasteiger partial charge on any atom is 0.414 e. The Morgan fingerprint density at radius 1 is 1.00 bits per heavy atom. The third kappa shape index (κ3) is 7.31. The van der Waals surface area contributed by atoms with Gasteiger partial charge >= 0.3 is 11.9 Å². The van der Waals surface area contributed by atoms with Gasteiger partial charge in [0.05, 0.1) is 0 Å². The minimum atomic E-state index is -1.82. The van der Waals surface area contributed by atoms with Crippen LogP contribution >= 0.6 is 0 Å². The van der Waals surface area contributed by atoms with Crippen LogP contribution in [0.2, 0.25) is 0 Å². The molecule has 150 valence electrons. The van der Waals surface area contributed by atoms with Crippen molar-refractivity contribution < 1.29 is 19.8 Å². The van der Waals surface area contributed by atoms with E-state index in [1.165, 1.54) is 63.0 Å². The van der Waals surface area contributed by atoms with Crippen molar-refractivity contribution in [2.24, 2.45) is 5.92 Å². The average Bonchev–Trinajstić information content (AvgIpc) is 2.65. The second kappa shape index (κ2) is 10.4. The third-order valence-corrected chi connectivity index (χ3v) is 5.54. The molecule has 0 bridgehead atoms. The van der Waals surface area contributed by atoms with Gasteiger partial charge in [0.2, 0.25) is 0 Å². The molecular weight excluding hydrogens is 344 g/mol. The van der Waals surface area contributed by atoms with Gasteiger partial charge in [0.15, 0.2) is 0 Å². The summed E-state index contributed by atoms with van der Waals surface area (Å²) in [6, 6.07) is 9.90. The van der Waals surface area contributed by atoms with Crippen molar-refractivity contribution >= 4 is 11.9 Å². The normalized spacial score (nSPS) is 23.9. The van der Waals surface area contributed by atoms with E-state index < -0.39 is 11.9 Å². The van der Waals surface area contributed by atoms with Gasteiger partial charge in [0, 0.05) is 38.8 Å². The lowest BCUT2D eigenvalue weighted by Gasteiger charge is -2.42. The highest BCUT2D eigenvalue weighted by Crippen LogP contribution is 2.28. The summed E-state index contributed by atoms with van der Waals surface area (Å²) in [5.41, 5.74) is 2.82. The van der Waals surface area contributed by atoms with Gasteiger partial charge in [0.1, 0.15) is 0 Å². The van der Waals surface area contributed by atoms with Crippen molar-refractivity contribution in [2.75, 3.05) is 26.2 Å². The summed E-state index contributed by atoms with van der Waals surface area (Å²) in [4.78, 5) is 23.6. The van der Waals surface area contributed by atoms with Crippen LogP contribution in [0.4, 0.5) is 0 Å². The van der Waals surface area contributed by atoms with Crippen molar-refractivity contribution in [1.29, 1.82) is 0 Å². The number of hydrogen-bond acceptors (Lipinski definition) is 4. The van der Waals surface area contributed by atoms with Gasteiger partial charge in [-0.05, 0) is 31.2 Å². The minimum absolute atomic E-state index is 0.871. The van der Waals surface area contributed by atoms with E-state index in [1.54, 1.807) is 0 Å². The van der Waals surface area contributed by atoms with Gasteiger partial charge in [-0.2, -0.15) is 0 Å². The molecular formula is C21H32N2O4. The number of carbonyl (C=O) groups is 2. The second-order valence-corrected chi connectivity index (χ2v) is 7.83. The van der Waals surface area contributed by atoms with Gasteiger partial charge in [-0.1, -0.05) is 49.6 Å². The lowest BCUT2D eigenvalue weighted by molar-refractivity contribution is -0.159. The maximum absolute atomic E-state index is 9.10. The van der Waals surface area contributed by atoms with Gasteiger partial charge in [-0.15, -0.1) is 0 Å². The van der Waals surface area contributed by atoms with E-state index in [0.29, 0.717) is 0 Å². The number of carboxylic acids is 2. The molecule has 1 saturated heterocycles. The standard InChI is InChI=1S/C19H30N2.C2H2O4/c1-16-6-8-18(9-7-16)15-20-10-12-21(13-11-20)19-5-3-4-17(2)14-19;3-1(4)2(5)6/h6-9,17,19H,3-5,10-15H2,1-2H3;(H,3,4)(H,5,6). The van der Waals surface area contributed by atoms with E-state index in [4.69, 9.17) is 19.8 Å². The molecule has 1 aromatic rings. The molecule has 3 rings (SSSR count). The molecule has 0 amide bonds. The predicted molar refractivity (Wildman–Crippen MR) is 105 cm³/mol. The summed E-state index contributed by atoms with van der Waals surface area (Å²) < 4.78 is 0. The second-order valence-electron chi connectivity index (χ2n) is 7.83. The van der Waals surface area contributed by atoms with Crippen LogP contribution in [0, 0.1) is 12.8 Å². The molecule has 2 aliphatic rings. The van der Waals surface area contributed by atoms with E-state index in [9.17, 15) is 0 Å². The summed E-state index contributed by atoms with van der Waals surface area (Å²) in [5.74, 6) is -2.71. The Bertz CT molecular complexity index is 597. The van der Waals surface area contributed by atoms with Crippen molar-refractivity contribution in [1.82, 2.24) is 9.80 Å². The number of aliphatic carboxylic acids is 2. The number of piperazine rings is 1. The molecule has 1 aliphatic heterocycles. The van der Waals surface area contributed by atoms with Crippen LogP contribution in [0.1, 0.15) is 43.7 Å². The van der Waals surface area contributed by atoms with Crippen LogP contribution in [0.5, 0.6) is 0 Å². The third-order valence-electron chi connectivity index (χ3n) is 5.54. The molecule has 6 heteroatoms. The minimum Gasteiger partial charge on any atom is -0.473 e. The maximum atomic E-state index is 9.10. The largest absolute Gasteiger partial charge is 0.473 e. The molecule has 0 radical (unpaired) electrons. The Labute approximate surface area is 161 Å². The molecule has 2 N–H and O–H groups in total. The zero-order valence-corrected chi connectivity index (χ0v) is 16.4. The fraction of sp³-hybridized carbons (Fsp3) is 0.619. The zero-order valence-electron chi connectivity index (χ0n) is 16.4. The Morgan fingerprint density at radius 3 is 2.11 bits per heavy atom. The van der Waals surface area contributed by atoms with Crippen LogP contribution in [0.3, 0.4) is 0 Å². The first-order valence-corrected chi connectivity index (χ1v) is 9.83. The Hall–Kier alpha value is -1.92. The van der Waals surface area contributed by atoms with E-state index in [2.05, 4.69) is 47.9 Å².